The highest BCUT2D eigenvalue weighted by molar-refractivity contribution is 5.36. The van der Waals surface area contributed by atoms with Crippen molar-refractivity contribution < 1.29 is 5.11 Å². The summed E-state index contributed by atoms with van der Waals surface area (Å²) in [4.78, 5) is 2.47. The van der Waals surface area contributed by atoms with Crippen molar-refractivity contribution in [3.05, 3.63) is 34.9 Å². The molecule has 0 aromatic heterocycles. The van der Waals surface area contributed by atoms with Gasteiger partial charge in [0.1, 0.15) is 0 Å². The first-order valence-electron chi connectivity index (χ1n) is 7.02. The Balaban J connectivity index is 1.96. The summed E-state index contributed by atoms with van der Waals surface area (Å²) in [7, 11) is 2.21. The highest BCUT2D eigenvalue weighted by Gasteiger charge is 2.47. The van der Waals surface area contributed by atoms with Crippen LogP contribution in [0.15, 0.2) is 18.2 Å². The van der Waals surface area contributed by atoms with Crippen molar-refractivity contribution in [2.24, 2.45) is 0 Å². The van der Waals surface area contributed by atoms with Gasteiger partial charge >= 0.3 is 0 Å². The highest BCUT2D eigenvalue weighted by atomic mass is 16.3. The van der Waals surface area contributed by atoms with Crippen LogP contribution in [0.4, 0.5) is 0 Å². The fraction of sp³-hybridized carbons (Fsp3) is 0.625. The first-order chi connectivity index (χ1) is 8.49. The molecule has 2 saturated heterocycles. The average molecular weight is 245 g/mol. The Bertz CT molecular complexity index is 454. The van der Waals surface area contributed by atoms with Gasteiger partial charge in [0.25, 0.3) is 0 Å². The fourth-order valence-corrected chi connectivity index (χ4v) is 4.00. The first-order valence-corrected chi connectivity index (χ1v) is 7.02. The van der Waals surface area contributed by atoms with Gasteiger partial charge in [0.15, 0.2) is 0 Å². The van der Waals surface area contributed by atoms with Crippen molar-refractivity contribution in [2.75, 3.05) is 7.05 Å². The topological polar surface area (TPSA) is 23.5 Å². The van der Waals surface area contributed by atoms with Gasteiger partial charge in [0, 0.05) is 12.1 Å². The standard InChI is InChI=1S/C16H23NO/c1-11-4-7-15(12(2)8-11)16(18)9-13-5-6-14(10-16)17(13)3/h4,7-8,13-14,18H,5-6,9-10H2,1-3H3. The van der Waals surface area contributed by atoms with Crippen LogP contribution in [0.5, 0.6) is 0 Å². The van der Waals surface area contributed by atoms with Crippen LogP contribution in [0.25, 0.3) is 0 Å². The molecule has 1 aromatic carbocycles. The van der Waals surface area contributed by atoms with Gasteiger partial charge in [-0.15, -0.1) is 0 Å². The normalized spacial score (nSPS) is 36.0. The van der Waals surface area contributed by atoms with E-state index in [0.29, 0.717) is 12.1 Å². The molecule has 0 amide bonds. The van der Waals surface area contributed by atoms with Crippen LogP contribution in [0.1, 0.15) is 42.4 Å². The summed E-state index contributed by atoms with van der Waals surface area (Å²) in [5.41, 5.74) is 3.06. The summed E-state index contributed by atoms with van der Waals surface area (Å²) in [6, 6.07) is 7.58. The van der Waals surface area contributed by atoms with Gasteiger partial charge in [0.2, 0.25) is 0 Å². The Morgan fingerprint density at radius 2 is 1.78 bits per heavy atom. The van der Waals surface area contributed by atoms with Crippen molar-refractivity contribution in [2.45, 2.75) is 57.2 Å². The second-order valence-electron chi connectivity index (χ2n) is 6.31. The Labute approximate surface area is 110 Å². The van der Waals surface area contributed by atoms with Crippen LogP contribution in [0.2, 0.25) is 0 Å². The molecule has 0 radical (unpaired) electrons. The largest absolute Gasteiger partial charge is 0.385 e. The zero-order chi connectivity index (χ0) is 12.9. The predicted molar refractivity (Wildman–Crippen MR) is 73.6 cm³/mol. The Morgan fingerprint density at radius 3 is 2.33 bits per heavy atom. The minimum atomic E-state index is -0.601. The second kappa shape index (κ2) is 4.07. The summed E-state index contributed by atoms with van der Waals surface area (Å²) in [6.07, 6.45) is 4.27. The number of fused-ring (bicyclic) bond motifs is 2. The molecule has 2 aliphatic rings. The quantitative estimate of drug-likeness (QED) is 0.822. The predicted octanol–water partition coefficient (Wildman–Crippen LogP) is 2.75. The number of rotatable bonds is 1. The highest BCUT2D eigenvalue weighted by Crippen LogP contribution is 2.45. The number of aliphatic hydroxyl groups is 1. The third kappa shape index (κ3) is 1.79. The molecule has 98 valence electrons. The molecule has 2 aliphatic heterocycles. The molecule has 2 atom stereocenters. The number of piperidine rings is 1. The molecular formula is C16H23NO. The molecule has 2 unspecified atom stereocenters. The molecule has 0 aliphatic carbocycles. The third-order valence-corrected chi connectivity index (χ3v) is 5.01. The molecular weight excluding hydrogens is 222 g/mol. The average Bonchev–Trinajstić information content (AvgIpc) is 2.53. The summed E-state index contributed by atoms with van der Waals surface area (Å²) in [5.74, 6) is 0. The van der Waals surface area contributed by atoms with E-state index in [1.807, 2.05) is 0 Å². The maximum Gasteiger partial charge on any atom is 0.0928 e. The number of hydrogen-bond donors (Lipinski definition) is 1. The van der Waals surface area contributed by atoms with Crippen LogP contribution in [-0.2, 0) is 5.60 Å². The smallest absolute Gasteiger partial charge is 0.0928 e. The van der Waals surface area contributed by atoms with Crippen molar-refractivity contribution in [3.8, 4) is 0 Å². The monoisotopic (exact) mass is 245 g/mol. The van der Waals surface area contributed by atoms with E-state index in [1.165, 1.54) is 24.0 Å². The lowest BCUT2D eigenvalue weighted by atomic mass is 9.78. The molecule has 2 heterocycles. The van der Waals surface area contributed by atoms with Gasteiger partial charge < -0.3 is 10.0 Å². The van der Waals surface area contributed by atoms with E-state index >= 15 is 0 Å². The molecule has 2 heteroatoms. The SMILES string of the molecule is Cc1ccc(C2(O)CC3CCC(C2)N3C)c(C)c1. The van der Waals surface area contributed by atoms with Crippen molar-refractivity contribution in [1.29, 1.82) is 0 Å². The van der Waals surface area contributed by atoms with E-state index in [1.54, 1.807) is 0 Å². The second-order valence-corrected chi connectivity index (χ2v) is 6.31. The van der Waals surface area contributed by atoms with E-state index in [9.17, 15) is 5.11 Å². The molecule has 1 aromatic rings. The molecule has 2 bridgehead atoms. The molecule has 18 heavy (non-hydrogen) atoms. The molecule has 0 spiro atoms. The summed E-state index contributed by atoms with van der Waals surface area (Å²) < 4.78 is 0. The molecule has 2 fully saturated rings. The summed E-state index contributed by atoms with van der Waals surface area (Å²) >= 11 is 0. The van der Waals surface area contributed by atoms with Gasteiger partial charge in [-0.2, -0.15) is 0 Å². The zero-order valence-corrected chi connectivity index (χ0v) is 11.6. The van der Waals surface area contributed by atoms with Crippen molar-refractivity contribution in [3.63, 3.8) is 0 Å². The Morgan fingerprint density at radius 1 is 1.17 bits per heavy atom. The maximum absolute atomic E-state index is 11.1. The van der Waals surface area contributed by atoms with Gasteiger partial charge in [-0.05, 0) is 57.7 Å². The number of hydrogen-bond acceptors (Lipinski definition) is 2. The van der Waals surface area contributed by atoms with Crippen molar-refractivity contribution in [1.82, 2.24) is 4.90 Å². The van der Waals surface area contributed by atoms with E-state index in [2.05, 4.69) is 44.0 Å². The number of benzene rings is 1. The maximum atomic E-state index is 11.1. The third-order valence-electron chi connectivity index (χ3n) is 5.01. The minimum Gasteiger partial charge on any atom is -0.385 e. The molecule has 2 nitrogen and oxygen atoms in total. The lowest BCUT2D eigenvalue weighted by Crippen LogP contribution is -2.47. The Kier molecular flexibility index (Phi) is 2.76. The number of aryl methyl sites for hydroxylation is 2. The van der Waals surface area contributed by atoms with Crippen LogP contribution < -0.4 is 0 Å². The van der Waals surface area contributed by atoms with E-state index in [4.69, 9.17) is 0 Å². The van der Waals surface area contributed by atoms with Crippen molar-refractivity contribution >= 4 is 0 Å². The Hall–Kier alpha value is -0.860. The summed E-state index contributed by atoms with van der Waals surface area (Å²) in [5, 5.41) is 11.1. The zero-order valence-electron chi connectivity index (χ0n) is 11.6. The van der Waals surface area contributed by atoms with E-state index < -0.39 is 5.60 Å². The van der Waals surface area contributed by atoms with Gasteiger partial charge in [-0.3, -0.25) is 0 Å². The van der Waals surface area contributed by atoms with Crippen LogP contribution >= 0.6 is 0 Å². The molecule has 0 saturated carbocycles. The van der Waals surface area contributed by atoms with Gasteiger partial charge in [0.05, 0.1) is 5.60 Å². The molecule has 1 N–H and O–H groups in total. The van der Waals surface area contributed by atoms with Crippen LogP contribution in [0.3, 0.4) is 0 Å². The van der Waals surface area contributed by atoms with Gasteiger partial charge in [-0.25, -0.2) is 0 Å². The van der Waals surface area contributed by atoms with E-state index in [-0.39, 0.29) is 0 Å². The lowest BCUT2D eigenvalue weighted by molar-refractivity contribution is -0.0497. The van der Waals surface area contributed by atoms with Gasteiger partial charge in [-0.1, -0.05) is 23.8 Å². The van der Waals surface area contributed by atoms with Crippen LogP contribution in [0, 0.1) is 13.8 Å². The molecule has 3 rings (SSSR count). The lowest BCUT2D eigenvalue weighted by Gasteiger charge is -2.43. The fourth-order valence-electron chi connectivity index (χ4n) is 4.00. The first kappa shape index (κ1) is 12.2. The number of nitrogens with zero attached hydrogens (tertiary/aromatic N) is 1. The van der Waals surface area contributed by atoms with E-state index in [0.717, 1.165) is 18.4 Å². The minimum absolute atomic E-state index is 0.564. The summed E-state index contributed by atoms with van der Waals surface area (Å²) in [6.45, 7) is 4.24. The van der Waals surface area contributed by atoms with Crippen LogP contribution in [-0.4, -0.2) is 29.1 Å².